The fourth-order valence-corrected chi connectivity index (χ4v) is 6.35. The first-order valence-corrected chi connectivity index (χ1v) is 11.7. The Bertz CT molecular complexity index is 752. The summed E-state index contributed by atoms with van der Waals surface area (Å²) in [4.78, 5) is 19.3. The second-order valence-corrected chi connectivity index (χ2v) is 9.68. The van der Waals surface area contributed by atoms with Crippen LogP contribution in [0, 0.1) is 0 Å². The van der Waals surface area contributed by atoms with Crippen LogP contribution >= 0.6 is 23.5 Å². The Balaban J connectivity index is 1.36. The molecule has 0 spiro atoms. The minimum Gasteiger partial charge on any atom is -0.370 e. The average molecular weight is 400 g/mol. The smallest absolute Gasteiger partial charge is 0.256 e. The summed E-state index contributed by atoms with van der Waals surface area (Å²) in [7, 11) is 0. The molecule has 0 bridgehead atoms. The van der Waals surface area contributed by atoms with E-state index < -0.39 is 0 Å². The molecule has 4 rings (SSSR count). The highest BCUT2D eigenvalue weighted by molar-refractivity contribution is 8.16. The lowest BCUT2D eigenvalue weighted by Gasteiger charge is -2.28. The molecule has 1 amide bonds. The van der Waals surface area contributed by atoms with Gasteiger partial charge in [0.15, 0.2) is 0 Å². The fraction of sp³-hybridized carbons (Fsp3) is 0.429. The van der Waals surface area contributed by atoms with Crippen LogP contribution in [0.3, 0.4) is 0 Å². The van der Waals surface area contributed by atoms with E-state index in [9.17, 15) is 4.79 Å². The highest BCUT2D eigenvalue weighted by atomic mass is 32.2. The maximum Gasteiger partial charge on any atom is 0.256 e. The van der Waals surface area contributed by atoms with Gasteiger partial charge in [0.2, 0.25) is 0 Å². The Kier molecular flexibility index (Phi) is 6.24. The monoisotopic (exact) mass is 399 g/mol. The number of amides is 1. The highest BCUT2D eigenvalue weighted by Crippen LogP contribution is 2.43. The molecule has 6 heteroatoms. The molecule has 1 N–H and O–H groups in total. The Morgan fingerprint density at radius 2 is 1.70 bits per heavy atom. The van der Waals surface area contributed by atoms with Crippen molar-refractivity contribution in [2.75, 3.05) is 34.8 Å². The van der Waals surface area contributed by atoms with Crippen molar-refractivity contribution < 1.29 is 4.79 Å². The van der Waals surface area contributed by atoms with Crippen LogP contribution in [-0.2, 0) is 0 Å². The van der Waals surface area contributed by atoms with E-state index in [4.69, 9.17) is 0 Å². The van der Waals surface area contributed by atoms with Crippen LogP contribution in [0.5, 0.6) is 0 Å². The minimum absolute atomic E-state index is 0.108. The summed E-state index contributed by atoms with van der Waals surface area (Å²) in [6.07, 6.45) is 6.95. The third kappa shape index (κ3) is 4.79. The zero-order valence-corrected chi connectivity index (χ0v) is 17.0. The molecule has 0 radical (unpaired) electrons. The number of piperidine rings is 1. The van der Waals surface area contributed by atoms with Crippen LogP contribution in [-0.4, -0.2) is 35.5 Å². The first-order chi connectivity index (χ1) is 13.3. The number of pyridine rings is 1. The van der Waals surface area contributed by atoms with Crippen LogP contribution in [0.4, 0.5) is 11.5 Å². The number of benzene rings is 1. The Morgan fingerprint density at radius 1 is 0.963 bits per heavy atom. The number of hydrogen-bond donors (Lipinski definition) is 1. The average Bonchev–Trinajstić information content (AvgIpc) is 2.76. The first-order valence-electron chi connectivity index (χ1n) is 9.65. The lowest BCUT2D eigenvalue weighted by Crippen LogP contribution is -2.29. The second kappa shape index (κ2) is 9.02. The third-order valence-electron chi connectivity index (χ3n) is 4.98. The topological polar surface area (TPSA) is 45.2 Å². The van der Waals surface area contributed by atoms with Crippen LogP contribution in [0.2, 0.25) is 0 Å². The number of nitrogens with one attached hydrogen (secondary N) is 1. The zero-order chi connectivity index (χ0) is 18.5. The summed E-state index contributed by atoms with van der Waals surface area (Å²) in [6, 6.07) is 11.9. The van der Waals surface area contributed by atoms with Crippen molar-refractivity contribution in [3.63, 3.8) is 0 Å². The summed E-state index contributed by atoms with van der Waals surface area (Å²) in [5.74, 6) is 2.94. The molecule has 0 unspecified atom stereocenters. The molecule has 4 nitrogen and oxygen atoms in total. The molecule has 1 aromatic carbocycles. The molecule has 0 atom stereocenters. The first kappa shape index (κ1) is 18.7. The summed E-state index contributed by atoms with van der Waals surface area (Å²) in [6.45, 7) is 2.19. The van der Waals surface area contributed by atoms with E-state index in [0.717, 1.165) is 18.8 Å². The van der Waals surface area contributed by atoms with Gasteiger partial charge in [0.05, 0.1) is 16.5 Å². The number of anilines is 2. The molecule has 0 aliphatic carbocycles. The molecule has 2 aliphatic heterocycles. The molecule has 0 saturated carbocycles. The van der Waals surface area contributed by atoms with Crippen molar-refractivity contribution >= 4 is 40.9 Å². The van der Waals surface area contributed by atoms with Gasteiger partial charge in [0.25, 0.3) is 5.91 Å². The van der Waals surface area contributed by atoms with Gasteiger partial charge in [-0.25, -0.2) is 4.98 Å². The lowest BCUT2D eigenvalue weighted by atomic mass is 10.1. The Hall–Kier alpha value is -1.66. The van der Waals surface area contributed by atoms with Crippen molar-refractivity contribution in [1.29, 1.82) is 0 Å². The quantitative estimate of drug-likeness (QED) is 0.766. The van der Waals surface area contributed by atoms with Gasteiger partial charge in [0, 0.05) is 18.7 Å². The number of thioether (sulfide) groups is 2. The fourth-order valence-electron chi connectivity index (χ4n) is 3.46. The van der Waals surface area contributed by atoms with Crippen molar-refractivity contribution in [2.24, 2.45) is 0 Å². The summed E-state index contributed by atoms with van der Waals surface area (Å²) >= 11 is 3.99. The van der Waals surface area contributed by atoms with E-state index in [2.05, 4.69) is 33.4 Å². The van der Waals surface area contributed by atoms with Gasteiger partial charge in [-0.1, -0.05) is 12.1 Å². The van der Waals surface area contributed by atoms with Crippen molar-refractivity contribution in [3.05, 3.63) is 53.7 Å². The molecule has 27 heavy (non-hydrogen) atoms. The van der Waals surface area contributed by atoms with Crippen LogP contribution in [0.15, 0.2) is 42.6 Å². The molecule has 2 fully saturated rings. The predicted molar refractivity (Wildman–Crippen MR) is 117 cm³/mol. The number of carbonyl (C=O) groups excluding carboxylic acids is 1. The van der Waals surface area contributed by atoms with E-state index in [1.54, 1.807) is 0 Å². The summed E-state index contributed by atoms with van der Waals surface area (Å²) < 4.78 is 0.500. The molecule has 1 aromatic heterocycles. The van der Waals surface area contributed by atoms with Crippen LogP contribution in [0.1, 0.15) is 46.2 Å². The molecular weight excluding hydrogens is 374 g/mol. The molecule has 2 aliphatic rings. The number of rotatable bonds is 4. The normalized spacial score (nSPS) is 18.3. The van der Waals surface area contributed by atoms with Crippen LogP contribution < -0.4 is 10.2 Å². The van der Waals surface area contributed by atoms with Gasteiger partial charge >= 0.3 is 0 Å². The lowest BCUT2D eigenvalue weighted by molar-refractivity contribution is 0.102. The van der Waals surface area contributed by atoms with E-state index in [1.807, 2.05) is 47.9 Å². The van der Waals surface area contributed by atoms with Gasteiger partial charge in [-0.2, -0.15) is 0 Å². The van der Waals surface area contributed by atoms with Gasteiger partial charge in [-0.15, -0.1) is 23.5 Å². The minimum atomic E-state index is -0.108. The van der Waals surface area contributed by atoms with Gasteiger partial charge in [-0.3, -0.25) is 4.79 Å². The molecule has 2 aromatic rings. The van der Waals surface area contributed by atoms with E-state index in [0.29, 0.717) is 16.0 Å². The molecule has 142 valence electrons. The number of nitrogens with zero attached hydrogens (tertiary/aromatic N) is 2. The molecular formula is C21H25N3OS2. The van der Waals surface area contributed by atoms with E-state index in [1.165, 1.54) is 42.8 Å². The van der Waals surface area contributed by atoms with E-state index in [-0.39, 0.29) is 5.91 Å². The third-order valence-corrected chi connectivity index (χ3v) is 8.00. The predicted octanol–water partition coefficient (Wildman–Crippen LogP) is 5.19. The second-order valence-electron chi connectivity index (χ2n) is 6.95. The SMILES string of the molecule is O=C(Nc1ccc(N2CCCCC2)cn1)c1ccc(C2SCCCS2)cc1. The largest absolute Gasteiger partial charge is 0.370 e. The van der Waals surface area contributed by atoms with Crippen molar-refractivity contribution in [1.82, 2.24) is 4.98 Å². The Morgan fingerprint density at radius 3 is 2.37 bits per heavy atom. The summed E-state index contributed by atoms with van der Waals surface area (Å²) in [5, 5.41) is 2.91. The standard InChI is InChI=1S/C21H25N3OS2/c25-20(16-5-7-17(8-6-16)21-26-13-4-14-27-21)23-19-10-9-18(15-22-19)24-11-2-1-3-12-24/h5-10,15,21H,1-4,11-14H2,(H,22,23,25). The van der Waals surface area contributed by atoms with Gasteiger partial charge in [-0.05, 0) is 67.0 Å². The van der Waals surface area contributed by atoms with Gasteiger partial charge in [0.1, 0.15) is 5.82 Å². The zero-order valence-electron chi connectivity index (χ0n) is 15.4. The van der Waals surface area contributed by atoms with Crippen LogP contribution in [0.25, 0.3) is 0 Å². The summed E-state index contributed by atoms with van der Waals surface area (Å²) in [5.41, 5.74) is 3.11. The highest BCUT2D eigenvalue weighted by Gasteiger charge is 2.17. The maximum absolute atomic E-state index is 12.5. The van der Waals surface area contributed by atoms with Crippen molar-refractivity contribution in [3.8, 4) is 0 Å². The molecule has 3 heterocycles. The Labute approximate surface area is 169 Å². The number of carbonyl (C=O) groups is 1. The van der Waals surface area contributed by atoms with E-state index >= 15 is 0 Å². The van der Waals surface area contributed by atoms with Crippen molar-refractivity contribution in [2.45, 2.75) is 30.3 Å². The molecule has 2 saturated heterocycles. The number of hydrogen-bond acceptors (Lipinski definition) is 5. The maximum atomic E-state index is 12.5. The van der Waals surface area contributed by atoms with Gasteiger partial charge < -0.3 is 10.2 Å². The number of aromatic nitrogens is 1.